The molecule has 1 aliphatic carbocycles. The fourth-order valence-electron chi connectivity index (χ4n) is 10.6. The Bertz CT molecular complexity index is 2690. The topological polar surface area (TPSA) is 184 Å². The molecule has 1 N–H and O–H groups in total. The Labute approximate surface area is 395 Å². The van der Waals surface area contributed by atoms with Gasteiger partial charge in [-0.25, -0.2) is 0 Å². The molecule has 1 aromatic carbocycles. The first kappa shape index (κ1) is 44.3. The van der Waals surface area contributed by atoms with Gasteiger partial charge in [-0.1, -0.05) is 11.6 Å². The lowest BCUT2D eigenvalue weighted by Gasteiger charge is -2.38. The normalized spacial score (nSPS) is 20.2. The van der Waals surface area contributed by atoms with Crippen molar-refractivity contribution in [2.45, 2.75) is 102 Å². The van der Waals surface area contributed by atoms with Crippen molar-refractivity contribution in [1.82, 2.24) is 49.9 Å². The van der Waals surface area contributed by atoms with Gasteiger partial charge in [0, 0.05) is 101 Å². The molecule has 1 saturated carbocycles. The molecule has 3 amide bonds. The van der Waals surface area contributed by atoms with Crippen LogP contribution in [0.5, 0.6) is 5.75 Å². The van der Waals surface area contributed by atoms with Crippen LogP contribution in [0.15, 0.2) is 55.0 Å². The van der Waals surface area contributed by atoms with E-state index >= 15 is 0 Å². The van der Waals surface area contributed by atoms with Crippen LogP contribution < -0.4 is 19.9 Å². The number of aromatic nitrogens is 7. The minimum atomic E-state index is -0.246. The number of piperidine rings is 2. The van der Waals surface area contributed by atoms with E-state index in [2.05, 4.69) is 52.1 Å². The van der Waals surface area contributed by atoms with Gasteiger partial charge in [-0.3, -0.25) is 28.7 Å². The van der Waals surface area contributed by atoms with E-state index in [1.807, 2.05) is 36.6 Å². The first-order valence-corrected chi connectivity index (χ1v) is 24.1. The zero-order valence-electron chi connectivity index (χ0n) is 38.1. The quantitative estimate of drug-likeness (QED) is 0.177. The van der Waals surface area contributed by atoms with Gasteiger partial charge in [-0.2, -0.15) is 15.5 Å². The molecule has 0 spiro atoms. The molecule has 4 aromatic heterocycles. The molecule has 17 nitrogen and oxygen atoms in total. The number of ether oxygens (including phenoxy) is 1. The van der Waals surface area contributed by atoms with E-state index in [4.69, 9.17) is 31.7 Å². The molecule has 4 aliphatic heterocycles. The van der Waals surface area contributed by atoms with Crippen LogP contribution in [0.2, 0.25) is 5.02 Å². The molecule has 3 fully saturated rings. The molecule has 0 radical (unpaired) electrons. The van der Waals surface area contributed by atoms with E-state index in [1.165, 1.54) is 11.3 Å². The summed E-state index contributed by atoms with van der Waals surface area (Å²) in [5, 5.41) is 31.1. The van der Waals surface area contributed by atoms with Gasteiger partial charge in [-0.15, -0.1) is 10.2 Å². The molecule has 5 aliphatic rings. The minimum absolute atomic E-state index is 0.00955. The Balaban J connectivity index is 0.718. The van der Waals surface area contributed by atoms with Crippen LogP contribution in [0.3, 0.4) is 0 Å². The van der Waals surface area contributed by atoms with Gasteiger partial charge in [0.2, 0.25) is 11.8 Å². The van der Waals surface area contributed by atoms with Gasteiger partial charge in [0.1, 0.15) is 11.8 Å². The van der Waals surface area contributed by atoms with E-state index in [0.29, 0.717) is 61.4 Å². The number of pyridine rings is 1. The number of hydrogen-bond donors (Lipinski definition) is 1. The molecule has 0 atom stereocenters. The van der Waals surface area contributed by atoms with Crippen LogP contribution in [0, 0.1) is 17.2 Å². The fourth-order valence-corrected chi connectivity index (χ4v) is 10.8. The number of nitrogens with zero attached hydrogens (tertiary/aromatic N) is 12. The molecular weight excluding hydrogens is 870 g/mol. The van der Waals surface area contributed by atoms with Gasteiger partial charge < -0.3 is 29.7 Å². The predicted molar refractivity (Wildman–Crippen MR) is 251 cm³/mol. The van der Waals surface area contributed by atoms with Crippen molar-refractivity contribution in [2.75, 3.05) is 49.1 Å². The van der Waals surface area contributed by atoms with Crippen LogP contribution in [-0.2, 0) is 36.0 Å². The summed E-state index contributed by atoms with van der Waals surface area (Å²) in [6.45, 7) is 6.40. The van der Waals surface area contributed by atoms with Crippen LogP contribution >= 0.6 is 11.6 Å². The number of halogens is 1. The van der Waals surface area contributed by atoms with E-state index in [-0.39, 0.29) is 47.5 Å². The monoisotopic (exact) mass is 925 g/mol. The number of fused-ring (bicyclic) bond motifs is 2. The number of hydrogen-bond acceptors (Lipinski definition) is 12. The van der Waals surface area contributed by atoms with Crippen molar-refractivity contribution in [3.63, 3.8) is 0 Å². The summed E-state index contributed by atoms with van der Waals surface area (Å²) in [6.07, 6.45) is 14.7. The zero-order chi connectivity index (χ0) is 46.2. The Hall–Kier alpha value is -6.54. The largest absolute Gasteiger partial charge is 0.490 e. The molecule has 67 heavy (non-hydrogen) atoms. The molecule has 5 aromatic rings. The number of anilines is 3. The van der Waals surface area contributed by atoms with Crippen molar-refractivity contribution < 1.29 is 19.1 Å². The maximum atomic E-state index is 14.0. The standard InChI is InChI=1S/C49H56ClN13O4/c1-31(64)61-23-17-44-40(30-61)47(62-18-3-4-33-24-43(52-28-45(33)62)35-27-53-58(2)29-35)57-63(44)37-15-21-60(22-16-37)49(66)32-13-19-59(20-14-32)46-12-11-42(55-56-46)48(65)54-36-6-9-38(10-7-36)67-39-8-5-34(26-51)41(50)25-39/h5,8,11-12,24-25,27-29,32,36-38H,3-4,6-7,9-10,13-23,30H2,1-2H3,(H,54,65). The number of carbonyl (C=O) groups is 3. The maximum Gasteiger partial charge on any atom is 0.272 e. The van der Waals surface area contributed by atoms with Crippen molar-refractivity contribution in [2.24, 2.45) is 13.0 Å². The number of nitriles is 1. The summed E-state index contributed by atoms with van der Waals surface area (Å²) in [6, 6.07) is 13.1. The van der Waals surface area contributed by atoms with Crippen LogP contribution in [-0.4, -0.2) is 114 Å². The predicted octanol–water partition coefficient (Wildman–Crippen LogP) is 6.18. The first-order chi connectivity index (χ1) is 32.6. The van der Waals surface area contributed by atoms with Crippen LogP contribution in [0.4, 0.5) is 17.3 Å². The lowest BCUT2D eigenvalue weighted by Crippen LogP contribution is -2.46. The Morgan fingerprint density at radius 1 is 0.881 bits per heavy atom. The summed E-state index contributed by atoms with van der Waals surface area (Å²) >= 11 is 6.17. The summed E-state index contributed by atoms with van der Waals surface area (Å²) in [7, 11) is 1.91. The number of amides is 3. The number of likely N-dealkylation sites (tertiary alicyclic amines) is 1. The molecule has 18 heteroatoms. The van der Waals surface area contributed by atoms with Crippen LogP contribution in [0.1, 0.15) is 104 Å². The zero-order valence-corrected chi connectivity index (χ0v) is 38.9. The van der Waals surface area contributed by atoms with Crippen molar-refractivity contribution in [3.05, 3.63) is 88.1 Å². The highest BCUT2D eigenvalue weighted by atomic mass is 35.5. The van der Waals surface area contributed by atoms with E-state index in [9.17, 15) is 14.4 Å². The molecule has 348 valence electrons. The first-order valence-electron chi connectivity index (χ1n) is 23.7. The van der Waals surface area contributed by atoms with E-state index in [0.717, 1.165) is 105 Å². The van der Waals surface area contributed by atoms with Gasteiger partial charge in [0.15, 0.2) is 17.3 Å². The minimum Gasteiger partial charge on any atom is -0.490 e. The van der Waals surface area contributed by atoms with Gasteiger partial charge >= 0.3 is 0 Å². The van der Waals surface area contributed by atoms with Crippen molar-refractivity contribution in [3.8, 4) is 23.1 Å². The van der Waals surface area contributed by atoms with Crippen molar-refractivity contribution in [1.29, 1.82) is 5.26 Å². The van der Waals surface area contributed by atoms with E-state index in [1.54, 1.807) is 35.9 Å². The third kappa shape index (κ3) is 9.28. The van der Waals surface area contributed by atoms with E-state index < -0.39 is 0 Å². The summed E-state index contributed by atoms with van der Waals surface area (Å²) in [4.78, 5) is 53.0. The molecule has 10 rings (SSSR count). The fraction of sp³-hybridized carbons (Fsp3) is 0.490. The summed E-state index contributed by atoms with van der Waals surface area (Å²) in [5.41, 5.74) is 7.21. The average Bonchev–Trinajstić information content (AvgIpc) is 3.97. The smallest absolute Gasteiger partial charge is 0.272 e. The Morgan fingerprint density at radius 2 is 1.69 bits per heavy atom. The number of aryl methyl sites for hydroxylation is 2. The highest BCUT2D eigenvalue weighted by Gasteiger charge is 2.36. The summed E-state index contributed by atoms with van der Waals surface area (Å²) in [5.74, 6) is 2.25. The molecule has 8 heterocycles. The second kappa shape index (κ2) is 19.0. The second-order valence-corrected chi connectivity index (χ2v) is 19.1. The van der Waals surface area contributed by atoms with Crippen molar-refractivity contribution >= 4 is 46.6 Å². The lowest BCUT2D eigenvalue weighted by atomic mass is 9.92. The molecule has 2 saturated heterocycles. The molecule has 0 bridgehead atoms. The number of rotatable bonds is 9. The lowest BCUT2D eigenvalue weighted by molar-refractivity contribution is -0.137. The number of nitrogens with one attached hydrogen (secondary N) is 1. The Kier molecular flexibility index (Phi) is 12.6. The number of benzene rings is 1. The van der Waals surface area contributed by atoms with Gasteiger partial charge in [-0.05, 0) is 100 Å². The second-order valence-electron chi connectivity index (χ2n) is 18.7. The van der Waals surface area contributed by atoms with Crippen LogP contribution in [0.25, 0.3) is 11.3 Å². The van der Waals surface area contributed by atoms with Gasteiger partial charge in [0.25, 0.3) is 5.91 Å². The Morgan fingerprint density at radius 3 is 2.39 bits per heavy atom. The maximum absolute atomic E-state index is 14.0. The SMILES string of the molecule is CC(=O)N1CCc2c(c(N3CCCc4cc(-c5cnn(C)c5)ncc43)nn2C2CCN(C(=O)C3CCN(c4ccc(C(=O)NC5CCC(Oc6ccc(C#N)c(Cl)c6)CC5)nn4)CC3)CC2)C1. The third-order valence-electron chi connectivity index (χ3n) is 14.4. The molecular formula is C49H56ClN13O4. The average molecular weight is 927 g/mol. The molecule has 0 unspecified atom stereocenters. The highest BCUT2D eigenvalue weighted by Crippen LogP contribution is 2.41. The van der Waals surface area contributed by atoms with Gasteiger partial charge in [0.05, 0.1) is 53.1 Å². The number of carbonyl (C=O) groups excluding carboxylic acids is 3. The highest BCUT2D eigenvalue weighted by molar-refractivity contribution is 6.31. The third-order valence-corrected chi connectivity index (χ3v) is 14.7. The summed E-state index contributed by atoms with van der Waals surface area (Å²) < 4.78 is 10.1.